The summed E-state index contributed by atoms with van der Waals surface area (Å²) in [5.41, 5.74) is 0.265. The lowest BCUT2D eigenvalue weighted by Crippen LogP contribution is -2.47. The lowest BCUT2D eigenvalue weighted by Gasteiger charge is -2.39. The molecule has 0 aromatic rings. The third-order valence-corrected chi connectivity index (χ3v) is 4.27. The Bertz CT molecular complexity index is 247. The molecule has 3 heteroatoms. The van der Waals surface area contributed by atoms with E-state index in [2.05, 4.69) is 37.9 Å². The van der Waals surface area contributed by atoms with Gasteiger partial charge >= 0.3 is 0 Å². The van der Waals surface area contributed by atoms with Crippen LogP contribution < -0.4 is 5.32 Å². The molecule has 3 nitrogen and oxygen atoms in total. The second kappa shape index (κ2) is 9.01. The summed E-state index contributed by atoms with van der Waals surface area (Å²) in [5, 5.41) is 12.9. The first-order valence-electron chi connectivity index (χ1n) is 8.50. The maximum Gasteiger partial charge on any atom is 0.0558 e. The van der Waals surface area contributed by atoms with Crippen LogP contribution in [0.25, 0.3) is 0 Å². The Morgan fingerprint density at radius 2 is 1.85 bits per heavy atom. The third kappa shape index (κ3) is 7.05. The molecule has 0 aliphatic heterocycles. The van der Waals surface area contributed by atoms with E-state index in [0.29, 0.717) is 12.0 Å². The van der Waals surface area contributed by atoms with Crippen LogP contribution in [0.2, 0.25) is 0 Å². The summed E-state index contributed by atoms with van der Waals surface area (Å²) in [6.07, 6.45) is 6.74. The molecule has 20 heavy (non-hydrogen) atoms. The van der Waals surface area contributed by atoms with Gasteiger partial charge in [-0.3, -0.25) is 4.90 Å². The molecule has 0 amide bonds. The number of aliphatic hydroxyl groups is 1. The highest BCUT2D eigenvalue weighted by Gasteiger charge is 2.27. The van der Waals surface area contributed by atoms with Crippen LogP contribution in [0.1, 0.15) is 59.8 Å². The van der Waals surface area contributed by atoms with E-state index in [1.165, 1.54) is 32.1 Å². The van der Waals surface area contributed by atoms with Crippen molar-refractivity contribution in [1.82, 2.24) is 10.2 Å². The van der Waals surface area contributed by atoms with Crippen LogP contribution >= 0.6 is 0 Å². The first kappa shape index (κ1) is 17.9. The molecular formula is C17H36N2O. The van der Waals surface area contributed by atoms with Crippen molar-refractivity contribution in [3.05, 3.63) is 0 Å². The number of aliphatic hydroxyl groups excluding tert-OH is 1. The predicted molar refractivity (Wildman–Crippen MR) is 87.0 cm³/mol. The lowest BCUT2D eigenvalue weighted by atomic mass is 9.88. The molecule has 1 saturated carbocycles. The van der Waals surface area contributed by atoms with Crippen molar-refractivity contribution in [2.45, 2.75) is 65.8 Å². The standard InChI is InChI=1S/C17H36N2O/c1-15(2)12-18-13-17(3,4)14-19(10-11-20)16-8-6-5-7-9-16/h15-16,18,20H,5-14H2,1-4H3. The minimum absolute atomic E-state index is 0.265. The van der Waals surface area contributed by atoms with Crippen molar-refractivity contribution in [3.63, 3.8) is 0 Å². The van der Waals surface area contributed by atoms with E-state index in [0.717, 1.165) is 26.2 Å². The van der Waals surface area contributed by atoms with Gasteiger partial charge in [-0.2, -0.15) is 0 Å². The van der Waals surface area contributed by atoms with Crippen molar-refractivity contribution >= 4 is 0 Å². The average molecular weight is 284 g/mol. The Hall–Kier alpha value is -0.120. The zero-order valence-corrected chi connectivity index (χ0v) is 14.1. The van der Waals surface area contributed by atoms with Gasteiger partial charge < -0.3 is 10.4 Å². The van der Waals surface area contributed by atoms with E-state index in [9.17, 15) is 5.11 Å². The molecule has 0 spiro atoms. The molecule has 2 N–H and O–H groups in total. The monoisotopic (exact) mass is 284 g/mol. The molecular weight excluding hydrogens is 248 g/mol. The van der Waals surface area contributed by atoms with Gasteiger partial charge in [-0.15, -0.1) is 0 Å². The van der Waals surface area contributed by atoms with Gasteiger partial charge in [0.15, 0.2) is 0 Å². The average Bonchev–Trinajstić information content (AvgIpc) is 2.38. The van der Waals surface area contributed by atoms with Gasteiger partial charge in [0.2, 0.25) is 0 Å². The molecule has 0 heterocycles. The fraction of sp³-hybridized carbons (Fsp3) is 1.00. The molecule has 0 bridgehead atoms. The van der Waals surface area contributed by atoms with Gasteiger partial charge in [0.1, 0.15) is 0 Å². The minimum Gasteiger partial charge on any atom is -0.395 e. The van der Waals surface area contributed by atoms with Crippen molar-refractivity contribution in [2.24, 2.45) is 11.3 Å². The highest BCUT2D eigenvalue weighted by Crippen LogP contribution is 2.26. The van der Waals surface area contributed by atoms with Crippen LogP contribution in [-0.4, -0.2) is 48.8 Å². The van der Waals surface area contributed by atoms with Crippen molar-refractivity contribution in [2.75, 3.05) is 32.8 Å². The summed E-state index contributed by atoms with van der Waals surface area (Å²) in [6.45, 7) is 13.5. The Kier molecular flexibility index (Phi) is 8.08. The molecule has 1 aliphatic carbocycles. The van der Waals surface area contributed by atoms with Crippen LogP contribution in [-0.2, 0) is 0 Å². The molecule has 120 valence electrons. The molecule has 0 aromatic heterocycles. The van der Waals surface area contributed by atoms with Crippen LogP contribution in [0.4, 0.5) is 0 Å². The molecule has 1 fully saturated rings. The van der Waals surface area contributed by atoms with Gasteiger partial charge in [-0.1, -0.05) is 47.0 Å². The Balaban J connectivity index is 2.45. The van der Waals surface area contributed by atoms with E-state index in [1.807, 2.05) is 0 Å². The number of nitrogens with one attached hydrogen (secondary N) is 1. The summed E-state index contributed by atoms with van der Waals surface area (Å²) in [5.74, 6) is 0.706. The van der Waals surface area contributed by atoms with Crippen LogP contribution in [0.5, 0.6) is 0 Å². The summed E-state index contributed by atoms with van der Waals surface area (Å²) >= 11 is 0. The van der Waals surface area contributed by atoms with Crippen molar-refractivity contribution in [1.29, 1.82) is 0 Å². The molecule has 0 unspecified atom stereocenters. The molecule has 1 aliphatic rings. The topological polar surface area (TPSA) is 35.5 Å². The van der Waals surface area contributed by atoms with E-state index >= 15 is 0 Å². The lowest BCUT2D eigenvalue weighted by molar-refractivity contribution is 0.0823. The van der Waals surface area contributed by atoms with Gasteiger partial charge in [-0.25, -0.2) is 0 Å². The maximum absolute atomic E-state index is 9.36. The molecule has 0 atom stereocenters. The Labute approximate surface area is 126 Å². The number of nitrogens with zero attached hydrogens (tertiary/aromatic N) is 1. The SMILES string of the molecule is CC(C)CNCC(C)(C)CN(CCO)C1CCCCC1. The Morgan fingerprint density at radius 1 is 1.20 bits per heavy atom. The maximum atomic E-state index is 9.36. The van der Waals surface area contributed by atoms with E-state index in [1.54, 1.807) is 0 Å². The number of hydrogen-bond acceptors (Lipinski definition) is 3. The number of hydrogen-bond donors (Lipinski definition) is 2. The molecule has 0 aromatic carbocycles. The molecule has 0 saturated heterocycles. The summed E-state index contributed by atoms with van der Waals surface area (Å²) in [4.78, 5) is 2.54. The fourth-order valence-corrected chi connectivity index (χ4v) is 3.27. The van der Waals surface area contributed by atoms with Gasteiger partial charge in [0.25, 0.3) is 0 Å². The van der Waals surface area contributed by atoms with Crippen molar-refractivity contribution in [3.8, 4) is 0 Å². The quantitative estimate of drug-likeness (QED) is 0.683. The Morgan fingerprint density at radius 3 is 2.40 bits per heavy atom. The zero-order valence-electron chi connectivity index (χ0n) is 14.1. The first-order chi connectivity index (χ1) is 9.44. The van der Waals surface area contributed by atoms with Crippen LogP contribution in [0.3, 0.4) is 0 Å². The summed E-state index contributed by atoms with van der Waals surface area (Å²) in [7, 11) is 0. The minimum atomic E-state index is 0.265. The number of rotatable bonds is 9. The predicted octanol–water partition coefficient (Wildman–Crippen LogP) is 2.89. The summed E-state index contributed by atoms with van der Waals surface area (Å²) < 4.78 is 0. The second-order valence-corrected chi connectivity index (χ2v) is 7.67. The van der Waals surface area contributed by atoms with Crippen LogP contribution in [0, 0.1) is 11.3 Å². The van der Waals surface area contributed by atoms with Crippen LogP contribution in [0.15, 0.2) is 0 Å². The van der Waals surface area contributed by atoms with E-state index in [4.69, 9.17) is 0 Å². The smallest absolute Gasteiger partial charge is 0.0558 e. The van der Waals surface area contributed by atoms with Gasteiger partial charge in [0.05, 0.1) is 6.61 Å². The highest BCUT2D eigenvalue weighted by molar-refractivity contribution is 4.82. The molecule has 0 radical (unpaired) electrons. The second-order valence-electron chi connectivity index (χ2n) is 7.67. The normalized spacial score (nSPS) is 18.1. The largest absolute Gasteiger partial charge is 0.395 e. The highest BCUT2D eigenvalue weighted by atomic mass is 16.3. The van der Waals surface area contributed by atoms with Gasteiger partial charge in [-0.05, 0) is 30.7 Å². The fourth-order valence-electron chi connectivity index (χ4n) is 3.27. The molecule has 1 rings (SSSR count). The van der Waals surface area contributed by atoms with E-state index in [-0.39, 0.29) is 12.0 Å². The van der Waals surface area contributed by atoms with Crippen molar-refractivity contribution < 1.29 is 5.11 Å². The third-order valence-electron chi connectivity index (χ3n) is 4.27. The summed E-state index contributed by atoms with van der Waals surface area (Å²) in [6, 6.07) is 0.695. The first-order valence-corrected chi connectivity index (χ1v) is 8.50. The zero-order chi connectivity index (χ0) is 15.0. The van der Waals surface area contributed by atoms with E-state index < -0.39 is 0 Å². The van der Waals surface area contributed by atoms with Gasteiger partial charge in [0, 0.05) is 25.7 Å².